The number of piperidine rings is 1. The summed E-state index contributed by atoms with van der Waals surface area (Å²) < 4.78 is 14.5. The van der Waals surface area contributed by atoms with Crippen molar-refractivity contribution in [1.82, 2.24) is 19.9 Å². The summed E-state index contributed by atoms with van der Waals surface area (Å²) in [6.07, 6.45) is 4.47. The van der Waals surface area contributed by atoms with Crippen LogP contribution in [0.4, 0.5) is 4.39 Å². The number of halogens is 1. The fourth-order valence-corrected chi connectivity index (χ4v) is 3.09. The van der Waals surface area contributed by atoms with Crippen LogP contribution in [0, 0.1) is 11.7 Å². The summed E-state index contributed by atoms with van der Waals surface area (Å²) in [6, 6.07) is 6.67. The third kappa shape index (κ3) is 3.97. The SMILES string of the molecule is NCCn1cc(C(=O)N2CCC(Cc3ccc(F)cc3)CC2)nn1. The van der Waals surface area contributed by atoms with Crippen molar-refractivity contribution in [2.24, 2.45) is 11.7 Å². The van der Waals surface area contributed by atoms with E-state index in [-0.39, 0.29) is 11.7 Å². The molecule has 0 spiro atoms. The molecule has 1 amide bonds. The zero-order valence-corrected chi connectivity index (χ0v) is 13.6. The summed E-state index contributed by atoms with van der Waals surface area (Å²) in [5, 5.41) is 7.84. The number of amides is 1. The van der Waals surface area contributed by atoms with E-state index in [0.717, 1.165) is 24.8 Å². The summed E-state index contributed by atoms with van der Waals surface area (Å²) in [4.78, 5) is 14.3. The highest BCUT2D eigenvalue weighted by molar-refractivity contribution is 5.91. The van der Waals surface area contributed by atoms with E-state index in [9.17, 15) is 9.18 Å². The molecule has 2 heterocycles. The predicted octanol–water partition coefficient (Wildman–Crippen LogP) is 1.47. The molecule has 7 heteroatoms. The van der Waals surface area contributed by atoms with E-state index in [2.05, 4.69) is 10.3 Å². The Morgan fingerprint density at radius 3 is 2.62 bits per heavy atom. The maximum atomic E-state index is 13.0. The molecule has 1 aliphatic rings. The minimum atomic E-state index is -0.207. The van der Waals surface area contributed by atoms with Gasteiger partial charge in [0, 0.05) is 19.6 Å². The molecule has 24 heavy (non-hydrogen) atoms. The normalized spacial score (nSPS) is 15.7. The number of aromatic nitrogens is 3. The monoisotopic (exact) mass is 331 g/mol. The van der Waals surface area contributed by atoms with Crippen molar-refractivity contribution < 1.29 is 9.18 Å². The lowest BCUT2D eigenvalue weighted by Crippen LogP contribution is -2.39. The van der Waals surface area contributed by atoms with Gasteiger partial charge in [-0.2, -0.15) is 0 Å². The number of carbonyl (C=O) groups is 1. The largest absolute Gasteiger partial charge is 0.337 e. The minimum Gasteiger partial charge on any atom is -0.337 e. The summed E-state index contributed by atoms with van der Waals surface area (Å²) >= 11 is 0. The molecule has 1 aliphatic heterocycles. The highest BCUT2D eigenvalue weighted by Crippen LogP contribution is 2.22. The molecule has 0 atom stereocenters. The minimum absolute atomic E-state index is 0.0708. The van der Waals surface area contributed by atoms with Crippen LogP contribution in [0.2, 0.25) is 0 Å². The molecule has 6 nitrogen and oxygen atoms in total. The van der Waals surface area contributed by atoms with Gasteiger partial charge >= 0.3 is 0 Å². The topological polar surface area (TPSA) is 77.0 Å². The molecule has 0 radical (unpaired) electrons. The van der Waals surface area contributed by atoms with Crippen LogP contribution in [0.5, 0.6) is 0 Å². The lowest BCUT2D eigenvalue weighted by Gasteiger charge is -2.31. The molecule has 0 saturated carbocycles. The average Bonchev–Trinajstić information content (AvgIpc) is 3.06. The van der Waals surface area contributed by atoms with Crippen LogP contribution in [0.25, 0.3) is 0 Å². The summed E-state index contributed by atoms with van der Waals surface area (Å²) in [7, 11) is 0. The van der Waals surface area contributed by atoms with Crippen molar-refractivity contribution in [3.63, 3.8) is 0 Å². The first kappa shape index (κ1) is 16.6. The second-order valence-electron chi connectivity index (χ2n) is 6.22. The number of benzene rings is 1. The Morgan fingerprint density at radius 1 is 1.25 bits per heavy atom. The number of likely N-dealkylation sites (tertiary alicyclic amines) is 1. The zero-order valence-electron chi connectivity index (χ0n) is 13.6. The smallest absolute Gasteiger partial charge is 0.276 e. The van der Waals surface area contributed by atoms with Crippen LogP contribution in [0.15, 0.2) is 30.5 Å². The number of carbonyl (C=O) groups excluding carboxylic acids is 1. The predicted molar refractivity (Wildman–Crippen MR) is 87.8 cm³/mol. The molecule has 1 saturated heterocycles. The van der Waals surface area contributed by atoms with Gasteiger partial charge < -0.3 is 10.6 Å². The van der Waals surface area contributed by atoms with E-state index in [1.165, 1.54) is 12.1 Å². The highest BCUT2D eigenvalue weighted by atomic mass is 19.1. The third-order valence-electron chi connectivity index (χ3n) is 4.46. The first-order valence-corrected chi connectivity index (χ1v) is 8.29. The van der Waals surface area contributed by atoms with Gasteiger partial charge in [-0.3, -0.25) is 9.48 Å². The van der Waals surface area contributed by atoms with Gasteiger partial charge in [-0.25, -0.2) is 4.39 Å². The van der Waals surface area contributed by atoms with Crippen LogP contribution in [-0.4, -0.2) is 45.4 Å². The number of hydrogen-bond acceptors (Lipinski definition) is 4. The molecule has 0 unspecified atom stereocenters. The second kappa shape index (κ2) is 7.53. The van der Waals surface area contributed by atoms with Gasteiger partial charge in [0.15, 0.2) is 5.69 Å². The fourth-order valence-electron chi connectivity index (χ4n) is 3.09. The van der Waals surface area contributed by atoms with E-state index >= 15 is 0 Å². The van der Waals surface area contributed by atoms with Crippen molar-refractivity contribution in [3.8, 4) is 0 Å². The molecule has 3 rings (SSSR count). The molecule has 0 bridgehead atoms. The van der Waals surface area contributed by atoms with Crippen LogP contribution in [0.3, 0.4) is 0 Å². The lowest BCUT2D eigenvalue weighted by molar-refractivity contribution is 0.0684. The summed E-state index contributed by atoms with van der Waals surface area (Å²) in [5.74, 6) is 0.243. The van der Waals surface area contributed by atoms with Crippen molar-refractivity contribution in [2.45, 2.75) is 25.8 Å². The molecular weight excluding hydrogens is 309 g/mol. The summed E-state index contributed by atoms with van der Waals surface area (Å²) in [6.45, 7) is 2.45. The molecule has 1 aromatic carbocycles. The van der Waals surface area contributed by atoms with Gasteiger partial charge in [0.05, 0.1) is 12.7 Å². The maximum absolute atomic E-state index is 13.0. The highest BCUT2D eigenvalue weighted by Gasteiger charge is 2.25. The second-order valence-corrected chi connectivity index (χ2v) is 6.22. The van der Waals surface area contributed by atoms with E-state index < -0.39 is 0 Å². The van der Waals surface area contributed by atoms with Gasteiger partial charge in [0.1, 0.15) is 5.82 Å². The quantitative estimate of drug-likeness (QED) is 0.900. The van der Waals surface area contributed by atoms with Gasteiger partial charge in [-0.15, -0.1) is 5.10 Å². The standard InChI is InChI=1S/C17H22FN5O/c18-15-3-1-13(2-4-15)11-14-5-8-22(9-6-14)17(24)16-12-23(10-7-19)21-20-16/h1-4,12,14H,5-11,19H2. The molecule has 0 aliphatic carbocycles. The molecule has 1 aromatic heterocycles. The maximum Gasteiger partial charge on any atom is 0.276 e. The number of hydrogen-bond donors (Lipinski definition) is 1. The average molecular weight is 331 g/mol. The van der Waals surface area contributed by atoms with Crippen LogP contribution >= 0.6 is 0 Å². The number of nitrogens with zero attached hydrogens (tertiary/aromatic N) is 4. The van der Waals surface area contributed by atoms with Crippen LogP contribution < -0.4 is 5.73 Å². The zero-order chi connectivity index (χ0) is 16.9. The summed E-state index contributed by atoms with van der Waals surface area (Å²) in [5.41, 5.74) is 6.99. The number of rotatable bonds is 5. The fraction of sp³-hybridized carbons (Fsp3) is 0.471. The Balaban J connectivity index is 1.52. The molecule has 2 N–H and O–H groups in total. The van der Waals surface area contributed by atoms with Crippen molar-refractivity contribution >= 4 is 5.91 Å². The van der Waals surface area contributed by atoms with Crippen molar-refractivity contribution in [1.29, 1.82) is 0 Å². The van der Waals surface area contributed by atoms with Crippen LogP contribution in [-0.2, 0) is 13.0 Å². The molecular formula is C17H22FN5O. The van der Waals surface area contributed by atoms with E-state index in [4.69, 9.17) is 5.73 Å². The Morgan fingerprint density at radius 2 is 1.96 bits per heavy atom. The van der Waals surface area contributed by atoms with Crippen molar-refractivity contribution in [2.75, 3.05) is 19.6 Å². The molecule has 2 aromatic rings. The van der Waals surface area contributed by atoms with Crippen molar-refractivity contribution in [3.05, 3.63) is 47.5 Å². The van der Waals surface area contributed by atoms with E-state index in [0.29, 0.717) is 37.8 Å². The van der Waals surface area contributed by atoms with Gasteiger partial charge in [-0.1, -0.05) is 17.3 Å². The van der Waals surface area contributed by atoms with Crippen LogP contribution in [0.1, 0.15) is 28.9 Å². The Bertz CT molecular complexity index is 677. The van der Waals surface area contributed by atoms with Gasteiger partial charge in [0.25, 0.3) is 5.91 Å². The number of nitrogens with two attached hydrogens (primary N) is 1. The first-order valence-electron chi connectivity index (χ1n) is 8.29. The van der Waals surface area contributed by atoms with E-state index in [1.54, 1.807) is 10.9 Å². The Hall–Kier alpha value is -2.28. The Labute approximate surface area is 140 Å². The lowest BCUT2D eigenvalue weighted by atomic mass is 9.90. The van der Waals surface area contributed by atoms with Gasteiger partial charge in [0.2, 0.25) is 0 Å². The molecule has 1 fully saturated rings. The van der Waals surface area contributed by atoms with Gasteiger partial charge in [-0.05, 0) is 42.9 Å². The molecule has 128 valence electrons. The third-order valence-corrected chi connectivity index (χ3v) is 4.46. The van der Waals surface area contributed by atoms with E-state index in [1.807, 2.05) is 17.0 Å². The first-order chi connectivity index (χ1) is 11.7. The Kier molecular flexibility index (Phi) is 5.20.